The van der Waals surface area contributed by atoms with Crippen molar-refractivity contribution in [3.63, 3.8) is 0 Å². The molecule has 0 atom stereocenters. The molecule has 0 bridgehead atoms. The van der Waals surface area contributed by atoms with Crippen LogP contribution in [0.4, 0.5) is 22.0 Å². The number of hydrogen-bond acceptors (Lipinski definition) is 2. The molecular weight excluding hydrogens is 355 g/mol. The van der Waals surface area contributed by atoms with Gasteiger partial charge < -0.3 is 0 Å². The summed E-state index contributed by atoms with van der Waals surface area (Å²) in [7, 11) is 0. The van der Waals surface area contributed by atoms with E-state index in [9.17, 15) is 26.7 Å². The van der Waals surface area contributed by atoms with E-state index in [1.165, 1.54) is 12.1 Å². The van der Waals surface area contributed by atoms with Crippen molar-refractivity contribution in [2.75, 3.05) is 0 Å². The lowest BCUT2D eigenvalue weighted by atomic mass is 9.87. The molecule has 0 aliphatic carbocycles. The Morgan fingerprint density at radius 1 is 0.885 bits per heavy atom. The van der Waals surface area contributed by atoms with Gasteiger partial charge in [-0.1, -0.05) is 32.9 Å². The van der Waals surface area contributed by atoms with Crippen LogP contribution in [0.25, 0.3) is 0 Å². The minimum Gasteiger partial charge on any atom is -0.267 e. The van der Waals surface area contributed by atoms with Crippen LogP contribution < -0.4 is 5.43 Å². The van der Waals surface area contributed by atoms with E-state index in [0.29, 0.717) is 6.21 Å². The highest BCUT2D eigenvalue weighted by Crippen LogP contribution is 2.23. The Labute approximate surface area is 146 Å². The molecule has 2 aromatic rings. The SMILES string of the molecule is CC(C)(C)c1ccc(C(=O)N/N=C/c2c(F)c(F)c(F)c(F)c2F)cc1. The van der Waals surface area contributed by atoms with Gasteiger partial charge in [0, 0.05) is 5.56 Å². The molecule has 26 heavy (non-hydrogen) atoms. The number of rotatable bonds is 3. The van der Waals surface area contributed by atoms with Crippen molar-refractivity contribution in [2.45, 2.75) is 26.2 Å². The van der Waals surface area contributed by atoms with Gasteiger partial charge in [-0.05, 0) is 23.1 Å². The Morgan fingerprint density at radius 3 is 1.81 bits per heavy atom. The Balaban J connectivity index is 2.18. The van der Waals surface area contributed by atoms with Crippen LogP contribution in [-0.2, 0) is 5.41 Å². The Kier molecular flexibility index (Phi) is 5.44. The highest BCUT2D eigenvalue weighted by Gasteiger charge is 2.24. The Hall–Kier alpha value is -2.77. The quantitative estimate of drug-likeness (QED) is 0.280. The standard InChI is InChI=1S/C18H15F5N2O/c1-18(2,3)10-6-4-9(5-7-10)17(26)25-24-8-11-12(19)14(21)16(23)15(22)13(11)20/h4-8H,1-3H3,(H,25,26)/b24-8+. The van der Waals surface area contributed by atoms with Gasteiger partial charge in [-0.2, -0.15) is 5.10 Å². The molecule has 3 nitrogen and oxygen atoms in total. The molecule has 1 N–H and O–H groups in total. The molecule has 138 valence electrons. The average Bonchev–Trinajstić information content (AvgIpc) is 2.60. The number of nitrogens with zero attached hydrogens (tertiary/aromatic N) is 1. The van der Waals surface area contributed by atoms with E-state index in [4.69, 9.17) is 0 Å². The summed E-state index contributed by atoms with van der Waals surface area (Å²) < 4.78 is 66.1. The van der Waals surface area contributed by atoms with Crippen LogP contribution in [0.2, 0.25) is 0 Å². The number of carbonyl (C=O) groups is 1. The van der Waals surface area contributed by atoms with Gasteiger partial charge in [0.15, 0.2) is 23.3 Å². The first-order valence-corrected chi connectivity index (χ1v) is 7.49. The average molecular weight is 370 g/mol. The zero-order chi connectivity index (χ0) is 19.6. The van der Waals surface area contributed by atoms with Crippen molar-refractivity contribution in [2.24, 2.45) is 5.10 Å². The number of nitrogens with one attached hydrogen (secondary N) is 1. The van der Waals surface area contributed by atoms with Gasteiger partial charge in [-0.3, -0.25) is 4.79 Å². The van der Waals surface area contributed by atoms with Crippen molar-refractivity contribution in [1.29, 1.82) is 0 Å². The molecule has 0 aliphatic heterocycles. The smallest absolute Gasteiger partial charge is 0.267 e. The summed E-state index contributed by atoms with van der Waals surface area (Å²) in [6.07, 6.45) is 0.359. The van der Waals surface area contributed by atoms with E-state index in [1.807, 2.05) is 26.2 Å². The predicted octanol–water partition coefficient (Wildman–Crippen LogP) is 4.44. The van der Waals surface area contributed by atoms with Crippen LogP contribution in [0, 0.1) is 29.1 Å². The monoisotopic (exact) mass is 370 g/mol. The lowest BCUT2D eigenvalue weighted by molar-refractivity contribution is 0.0955. The second kappa shape index (κ2) is 7.23. The zero-order valence-electron chi connectivity index (χ0n) is 14.1. The van der Waals surface area contributed by atoms with Crippen LogP contribution in [-0.4, -0.2) is 12.1 Å². The molecule has 2 rings (SSSR count). The van der Waals surface area contributed by atoms with Crippen molar-refractivity contribution in [3.8, 4) is 0 Å². The van der Waals surface area contributed by atoms with Crippen LogP contribution in [0.15, 0.2) is 29.4 Å². The molecule has 0 heterocycles. The molecule has 8 heteroatoms. The summed E-state index contributed by atoms with van der Waals surface area (Å²) in [5.74, 6) is -11.2. The third-order valence-electron chi connectivity index (χ3n) is 3.62. The summed E-state index contributed by atoms with van der Waals surface area (Å²) in [6.45, 7) is 5.99. The Bertz CT molecular complexity index is 842. The van der Waals surface area contributed by atoms with Crippen LogP contribution in [0.3, 0.4) is 0 Å². The fourth-order valence-electron chi connectivity index (χ4n) is 2.08. The number of carbonyl (C=O) groups excluding carboxylic acids is 1. The first kappa shape index (κ1) is 19.6. The number of halogens is 5. The summed E-state index contributed by atoms with van der Waals surface area (Å²) in [4.78, 5) is 11.9. The lowest BCUT2D eigenvalue weighted by Gasteiger charge is -2.18. The van der Waals surface area contributed by atoms with Crippen molar-refractivity contribution in [1.82, 2.24) is 5.43 Å². The summed E-state index contributed by atoms with van der Waals surface area (Å²) in [5, 5.41) is 3.26. The Morgan fingerprint density at radius 2 is 1.35 bits per heavy atom. The summed E-state index contributed by atoms with van der Waals surface area (Å²) in [6, 6.07) is 6.54. The van der Waals surface area contributed by atoms with Gasteiger partial charge in [0.1, 0.15) is 0 Å². The maximum atomic E-state index is 13.5. The lowest BCUT2D eigenvalue weighted by Crippen LogP contribution is -2.19. The number of amides is 1. The number of hydrazone groups is 1. The molecule has 0 aliphatic rings. The minimum atomic E-state index is -2.26. The summed E-state index contributed by atoms with van der Waals surface area (Å²) in [5.41, 5.74) is 1.81. The van der Waals surface area contributed by atoms with E-state index in [-0.39, 0.29) is 11.0 Å². The molecule has 2 aromatic carbocycles. The largest absolute Gasteiger partial charge is 0.271 e. The van der Waals surface area contributed by atoms with E-state index < -0.39 is 40.6 Å². The van der Waals surface area contributed by atoms with Gasteiger partial charge in [0.05, 0.1) is 11.8 Å². The van der Waals surface area contributed by atoms with Gasteiger partial charge in [0.25, 0.3) is 5.91 Å². The second-order valence-electron chi connectivity index (χ2n) is 6.51. The van der Waals surface area contributed by atoms with E-state index in [0.717, 1.165) is 5.56 Å². The van der Waals surface area contributed by atoms with E-state index >= 15 is 0 Å². The van der Waals surface area contributed by atoms with Crippen LogP contribution in [0.5, 0.6) is 0 Å². The van der Waals surface area contributed by atoms with Crippen molar-refractivity contribution < 1.29 is 26.7 Å². The van der Waals surface area contributed by atoms with E-state index in [2.05, 4.69) is 5.10 Å². The van der Waals surface area contributed by atoms with Gasteiger partial charge in [-0.25, -0.2) is 27.4 Å². The first-order chi connectivity index (χ1) is 12.0. The minimum absolute atomic E-state index is 0.112. The topological polar surface area (TPSA) is 41.5 Å². The fourth-order valence-corrected chi connectivity index (χ4v) is 2.08. The third-order valence-corrected chi connectivity index (χ3v) is 3.62. The van der Waals surface area contributed by atoms with Gasteiger partial charge in [0.2, 0.25) is 5.82 Å². The molecule has 0 spiro atoms. The first-order valence-electron chi connectivity index (χ1n) is 7.49. The molecule has 1 amide bonds. The molecule has 0 unspecified atom stereocenters. The highest BCUT2D eigenvalue weighted by molar-refractivity contribution is 5.95. The van der Waals surface area contributed by atoms with Crippen LogP contribution in [0.1, 0.15) is 42.3 Å². The fraction of sp³-hybridized carbons (Fsp3) is 0.222. The maximum Gasteiger partial charge on any atom is 0.271 e. The molecule has 0 radical (unpaired) electrons. The predicted molar refractivity (Wildman–Crippen MR) is 86.4 cm³/mol. The van der Waals surface area contributed by atoms with Gasteiger partial charge in [-0.15, -0.1) is 0 Å². The zero-order valence-corrected chi connectivity index (χ0v) is 14.1. The summed E-state index contributed by atoms with van der Waals surface area (Å²) >= 11 is 0. The third kappa shape index (κ3) is 3.89. The van der Waals surface area contributed by atoms with Crippen LogP contribution >= 0.6 is 0 Å². The molecule has 0 saturated heterocycles. The van der Waals surface area contributed by atoms with Crippen molar-refractivity contribution >= 4 is 12.1 Å². The maximum absolute atomic E-state index is 13.5. The number of hydrogen-bond donors (Lipinski definition) is 1. The molecule has 0 saturated carbocycles. The second-order valence-corrected chi connectivity index (χ2v) is 6.51. The molecular formula is C18H15F5N2O. The number of benzene rings is 2. The molecule has 0 aromatic heterocycles. The van der Waals surface area contributed by atoms with Gasteiger partial charge >= 0.3 is 0 Å². The van der Waals surface area contributed by atoms with E-state index in [1.54, 1.807) is 12.1 Å². The normalized spacial score (nSPS) is 11.8. The molecule has 0 fully saturated rings. The van der Waals surface area contributed by atoms with Crippen molar-refractivity contribution in [3.05, 3.63) is 70.0 Å². The highest BCUT2D eigenvalue weighted by atomic mass is 19.2.